The Morgan fingerprint density at radius 2 is 2.00 bits per heavy atom. The van der Waals surface area contributed by atoms with E-state index in [0.29, 0.717) is 5.92 Å². The third-order valence-corrected chi connectivity index (χ3v) is 2.64. The van der Waals surface area contributed by atoms with Crippen molar-refractivity contribution in [1.82, 2.24) is 4.90 Å². The Hall–Kier alpha value is -0.120. The van der Waals surface area contributed by atoms with Crippen LogP contribution < -0.4 is 5.73 Å². The molecule has 3 nitrogen and oxygen atoms in total. The fraction of sp³-hybridized carbons (Fsp3) is 1.00. The number of ether oxygens (including phenoxy) is 1. The predicted octanol–water partition coefficient (Wildman–Crippen LogP) is 2.11. The maximum atomic E-state index is 6.29. The lowest BCUT2D eigenvalue weighted by molar-refractivity contribution is 0.122. The van der Waals surface area contributed by atoms with E-state index in [-0.39, 0.29) is 5.54 Å². The molecule has 0 amide bonds. The number of nitrogens with zero attached hydrogens (tertiary/aromatic N) is 1. The van der Waals surface area contributed by atoms with Crippen molar-refractivity contribution in [2.45, 2.75) is 46.1 Å². The molecule has 0 heterocycles. The van der Waals surface area contributed by atoms with Gasteiger partial charge < -0.3 is 10.5 Å². The van der Waals surface area contributed by atoms with E-state index in [0.717, 1.165) is 39.1 Å². The van der Waals surface area contributed by atoms with Crippen LogP contribution in [-0.4, -0.2) is 43.8 Å². The quantitative estimate of drug-likeness (QED) is 0.659. The van der Waals surface area contributed by atoms with Gasteiger partial charge in [0.25, 0.3) is 0 Å². The number of nitrogens with two attached hydrogens (primary N) is 1. The Bertz CT molecular complexity index is 169. The summed E-state index contributed by atoms with van der Waals surface area (Å²) in [5.74, 6) is 0.675. The largest absolute Gasteiger partial charge is 0.383 e. The van der Waals surface area contributed by atoms with Gasteiger partial charge in [0.1, 0.15) is 0 Å². The summed E-state index contributed by atoms with van der Waals surface area (Å²) in [7, 11) is 1.75. The Balaban J connectivity index is 4.17. The molecule has 0 aliphatic heterocycles. The molecule has 0 aromatic carbocycles. The first-order valence-corrected chi connectivity index (χ1v) is 6.41. The van der Waals surface area contributed by atoms with Crippen LogP contribution in [0.15, 0.2) is 0 Å². The predicted molar refractivity (Wildman–Crippen MR) is 70.7 cm³/mol. The maximum absolute atomic E-state index is 6.29. The molecule has 16 heavy (non-hydrogen) atoms. The molecule has 1 unspecified atom stereocenters. The van der Waals surface area contributed by atoms with Gasteiger partial charge in [-0.1, -0.05) is 27.2 Å². The number of hydrogen-bond donors (Lipinski definition) is 1. The van der Waals surface area contributed by atoms with Gasteiger partial charge >= 0.3 is 0 Å². The smallest absolute Gasteiger partial charge is 0.0589 e. The van der Waals surface area contributed by atoms with Gasteiger partial charge in [-0.2, -0.15) is 0 Å². The number of hydrogen-bond acceptors (Lipinski definition) is 3. The summed E-state index contributed by atoms with van der Waals surface area (Å²) >= 11 is 0. The summed E-state index contributed by atoms with van der Waals surface area (Å²) in [6, 6.07) is 0. The van der Waals surface area contributed by atoms with Gasteiger partial charge in [0.05, 0.1) is 6.61 Å². The van der Waals surface area contributed by atoms with Crippen LogP contribution in [0.5, 0.6) is 0 Å². The molecule has 0 bridgehead atoms. The molecule has 0 fully saturated rings. The van der Waals surface area contributed by atoms with Crippen LogP contribution in [0.1, 0.15) is 40.5 Å². The summed E-state index contributed by atoms with van der Waals surface area (Å²) < 4.78 is 5.15. The van der Waals surface area contributed by atoms with E-state index in [9.17, 15) is 0 Å². The molecular weight excluding hydrogens is 200 g/mol. The monoisotopic (exact) mass is 230 g/mol. The van der Waals surface area contributed by atoms with Crippen molar-refractivity contribution in [2.24, 2.45) is 11.7 Å². The zero-order valence-corrected chi connectivity index (χ0v) is 11.8. The lowest BCUT2D eigenvalue weighted by Gasteiger charge is -2.33. The second-order valence-electron chi connectivity index (χ2n) is 5.53. The van der Waals surface area contributed by atoms with Crippen LogP contribution in [0.2, 0.25) is 0 Å². The summed E-state index contributed by atoms with van der Waals surface area (Å²) in [5, 5.41) is 0. The number of methoxy groups -OCH3 is 1. The molecule has 0 radical (unpaired) electrons. The highest BCUT2D eigenvalue weighted by Gasteiger charge is 2.21. The van der Waals surface area contributed by atoms with Crippen molar-refractivity contribution in [3.05, 3.63) is 0 Å². The van der Waals surface area contributed by atoms with E-state index < -0.39 is 0 Å². The molecule has 0 saturated carbocycles. The first-order chi connectivity index (χ1) is 7.41. The number of rotatable bonds is 9. The molecule has 0 aliphatic rings. The van der Waals surface area contributed by atoms with Gasteiger partial charge in [-0.25, -0.2) is 0 Å². The molecule has 0 rings (SSSR count). The van der Waals surface area contributed by atoms with Gasteiger partial charge in [-0.3, -0.25) is 4.90 Å². The standard InChI is InChI=1S/C13H30N2O/c1-6-7-13(4,14)11-15(8-9-16-5)10-12(2)3/h12H,6-11,14H2,1-5H3. The van der Waals surface area contributed by atoms with Crippen LogP contribution in [0.3, 0.4) is 0 Å². The van der Waals surface area contributed by atoms with Crippen LogP contribution in [0, 0.1) is 5.92 Å². The highest BCUT2D eigenvalue weighted by molar-refractivity contribution is 4.82. The van der Waals surface area contributed by atoms with Gasteiger partial charge in [-0.15, -0.1) is 0 Å². The fourth-order valence-electron chi connectivity index (χ4n) is 2.13. The third kappa shape index (κ3) is 8.08. The molecule has 98 valence electrons. The van der Waals surface area contributed by atoms with Crippen LogP contribution in [0.25, 0.3) is 0 Å². The van der Waals surface area contributed by atoms with E-state index in [1.807, 2.05) is 0 Å². The zero-order chi connectivity index (χ0) is 12.6. The van der Waals surface area contributed by atoms with Crippen molar-refractivity contribution < 1.29 is 4.74 Å². The normalized spacial score (nSPS) is 15.8. The van der Waals surface area contributed by atoms with Crippen molar-refractivity contribution in [1.29, 1.82) is 0 Å². The summed E-state index contributed by atoms with van der Waals surface area (Å²) in [4.78, 5) is 2.42. The summed E-state index contributed by atoms with van der Waals surface area (Å²) in [6.07, 6.45) is 2.22. The Morgan fingerprint density at radius 3 is 2.44 bits per heavy atom. The lowest BCUT2D eigenvalue weighted by atomic mass is 9.96. The van der Waals surface area contributed by atoms with Crippen LogP contribution >= 0.6 is 0 Å². The first kappa shape index (κ1) is 15.9. The van der Waals surface area contributed by atoms with E-state index in [4.69, 9.17) is 10.5 Å². The molecule has 1 atom stereocenters. The highest BCUT2D eigenvalue weighted by Crippen LogP contribution is 2.12. The average molecular weight is 230 g/mol. The van der Waals surface area contributed by atoms with Gasteiger partial charge in [0, 0.05) is 32.3 Å². The van der Waals surface area contributed by atoms with E-state index in [1.54, 1.807) is 7.11 Å². The minimum atomic E-state index is -0.0720. The van der Waals surface area contributed by atoms with Crippen LogP contribution in [-0.2, 0) is 4.74 Å². The third-order valence-electron chi connectivity index (χ3n) is 2.64. The highest BCUT2D eigenvalue weighted by atomic mass is 16.5. The minimum absolute atomic E-state index is 0.0720. The van der Waals surface area contributed by atoms with Crippen molar-refractivity contribution >= 4 is 0 Å². The van der Waals surface area contributed by atoms with Crippen molar-refractivity contribution in [2.75, 3.05) is 33.4 Å². The van der Waals surface area contributed by atoms with Crippen molar-refractivity contribution in [3.8, 4) is 0 Å². The maximum Gasteiger partial charge on any atom is 0.0589 e. The van der Waals surface area contributed by atoms with E-state index in [2.05, 4.69) is 32.6 Å². The second-order valence-corrected chi connectivity index (χ2v) is 5.53. The van der Waals surface area contributed by atoms with Crippen molar-refractivity contribution in [3.63, 3.8) is 0 Å². The molecule has 0 aliphatic carbocycles. The Morgan fingerprint density at radius 1 is 1.38 bits per heavy atom. The molecular formula is C13H30N2O. The molecule has 0 saturated heterocycles. The second kappa shape index (κ2) is 8.04. The van der Waals surface area contributed by atoms with Gasteiger partial charge in [-0.05, 0) is 19.3 Å². The van der Waals surface area contributed by atoms with E-state index in [1.165, 1.54) is 0 Å². The van der Waals surface area contributed by atoms with Crippen LogP contribution in [0.4, 0.5) is 0 Å². The molecule has 0 spiro atoms. The SMILES string of the molecule is CCCC(C)(N)CN(CCOC)CC(C)C. The average Bonchev–Trinajstić information content (AvgIpc) is 2.12. The lowest BCUT2D eigenvalue weighted by Crippen LogP contribution is -2.49. The topological polar surface area (TPSA) is 38.5 Å². The molecule has 0 aromatic heterocycles. The zero-order valence-electron chi connectivity index (χ0n) is 11.8. The summed E-state index contributed by atoms with van der Waals surface area (Å²) in [5.41, 5.74) is 6.22. The first-order valence-electron chi connectivity index (χ1n) is 6.41. The fourth-order valence-corrected chi connectivity index (χ4v) is 2.13. The molecule has 3 heteroatoms. The molecule has 0 aromatic rings. The Labute approximate surface area is 101 Å². The van der Waals surface area contributed by atoms with Gasteiger partial charge in [0.2, 0.25) is 0 Å². The van der Waals surface area contributed by atoms with E-state index >= 15 is 0 Å². The van der Waals surface area contributed by atoms with Gasteiger partial charge in [0.15, 0.2) is 0 Å². The molecule has 2 N–H and O–H groups in total. The Kier molecular flexibility index (Phi) is 7.98. The summed E-state index contributed by atoms with van der Waals surface area (Å²) in [6.45, 7) is 12.6. The minimum Gasteiger partial charge on any atom is -0.383 e.